The number of amides is 2. The Labute approximate surface area is 151 Å². The smallest absolute Gasteiger partial charge is 0.244 e. The number of carbonyl (C=O) groups excluding carboxylic acids is 2. The molecule has 0 saturated heterocycles. The zero-order valence-electron chi connectivity index (χ0n) is 13.8. The molecule has 0 atom stereocenters. The lowest BCUT2D eigenvalue weighted by molar-refractivity contribution is -0.121. The third-order valence-corrected chi connectivity index (χ3v) is 3.58. The number of halogens is 3. The molecule has 5 nitrogen and oxygen atoms in total. The highest BCUT2D eigenvalue weighted by molar-refractivity contribution is 5.98. The summed E-state index contributed by atoms with van der Waals surface area (Å²) >= 11 is 0. The SMILES string of the molecule is O=C(/C=C/c1cc2ccccc2o1)NCC(=O)Nc1ccc(F)c(F)c1F. The Bertz CT molecular complexity index is 1010. The summed E-state index contributed by atoms with van der Waals surface area (Å²) < 4.78 is 44.9. The minimum atomic E-state index is -1.69. The van der Waals surface area contributed by atoms with Crippen LogP contribution in [0.25, 0.3) is 17.0 Å². The van der Waals surface area contributed by atoms with Crippen molar-refractivity contribution < 1.29 is 27.2 Å². The molecule has 27 heavy (non-hydrogen) atoms. The van der Waals surface area contributed by atoms with Crippen molar-refractivity contribution in [1.82, 2.24) is 5.32 Å². The van der Waals surface area contributed by atoms with Crippen LogP contribution in [-0.4, -0.2) is 18.4 Å². The molecule has 2 amide bonds. The number of carbonyl (C=O) groups is 2. The van der Waals surface area contributed by atoms with E-state index in [0.717, 1.165) is 11.5 Å². The second kappa shape index (κ2) is 7.77. The van der Waals surface area contributed by atoms with Gasteiger partial charge in [0, 0.05) is 11.5 Å². The Morgan fingerprint density at radius 1 is 1.04 bits per heavy atom. The first-order valence-electron chi connectivity index (χ1n) is 7.82. The number of fused-ring (bicyclic) bond motifs is 1. The summed E-state index contributed by atoms with van der Waals surface area (Å²) in [6.45, 7) is -0.484. The predicted octanol–water partition coefficient (Wildman–Crippen LogP) is 3.62. The number of anilines is 1. The van der Waals surface area contributed by atoms with Crippen LogP contribution in [0.3, 0.4) is 0 Å². The molecule has 2 N–H and O–H groups in total. The minimum absolute atomic E-state index is 0.458. The van der Waals surface area contributed by atoms with Crippen LogP contribution in [0, 0.1) is 17.5 Å². The van der Waals surface area contributed by atoms with Crippen molar-refractivity contribution in [2.45, 2.75) is 0 Å². The zero-order valence-corrected chi connectivity index (χ0v) is 13.8. The van der Waals surface area contributed by atoms with Gasteiger partial charge in [-0.1, -0.05) is 18.2 Å². The lowest BCUT2D eigenvalue weighted by Crippen LogP contribution is -2.32. The van der Waals surface area contributed by atoms with E-state index < -0.39 is 41.5 Å². The number of hydrogen-bond donors (Lipinski definition) is 2. The third kappa shape index (κ3) is 4.35. The van der Waals surface area contributed by atoms with E-state index in [1.54, 1.807) is 12.1 Å². The molecule has 0 spiro atoms. The summed E-state index contributed by atoms with van der Waals surface area (Å²) in [4.78, 5) is 23.5. The van der Waals surface area contributed by atoms with Gasteiger partial charge in [-0.3, -0.25) is 9.59 Å². The van der Waals surface area contributed by atoms with Crippen molar-refractivity contribution in [3.63, 3.8) is 0 Å². The van der Waals surface area contributed by atoms with Crippen LogP contribution < -0.4 is 10.6 Å². The van der Waals surface area contributed by atoms with E-state index in [1.807, 2.05) is 23.5 Å². The number of rotatable bonds is 5. The molecule has 0 aliphatic heterocycles. The molecule has 2 aromatic carbocycles. The second-order valence-electron chi connectivity index (χ2n) is 5.51. The minimum Gasteiger partial charge on any atom is -0.457 e. The zero-order chi connectivity index (χ0) is 19.4. The second-order valence-corrected chi connectivity index (χ2v) is 5.51. The van der Waals surface area contributed by atoms with Crippen molar-refractivity contribution in [3.8, 4) is 0 Å². The molecule has 3 aromatic rings. The molecule has 138 valence electrons. The maximum atomic E-state index is 13.5. The molecule has 0 fully saturated rings. The fourth-order valence-electron chi connectivity index (χ4n) is 2.29. The average molecular weight is 374 g/mol. The van der Waals surface area contributed by atoms with Gasteiger partial charge in [0.25, 0.3) is 0 Å². The number of furan rings is 1. The van der Waals surface area contributed by atoms with E-state index in [4.69, 9.17) is 4.42 Å². The molecule has 3 rings (SSSR count). The molecule has 0 aliphatic carbocycles. The van der Waals surface area contributed by atoms with E-state index in [2.05, 4.69) is 5.32 Å². The van der Waals surface area contributed by atoms with Gasteiger partial charge in [-0.25, -0.2) is 13.2 Å². The van der Waals surface area contributed by atoms with Gasteiger partial charge in [-0.15, -0.1) is 0 Å². The van der Waals surface area contributed by atoms with Gasteiger partial charge in [0.05, 0.1) is 12.2 Å². The van der Waals surface area contributed by atoms with Crippen LogP contribution in [0.15, 0.2) is 53.0 Å². The normalized spacial score (nSPS) is 11.1. The van der Waals surface area contributed by atoms with Gasteiger partial charge in [-0.05, 0) is 30.3 Å². The van der Waals surface area contributed by atoms with Gasteiger partial charge in [0.2, 0.25) is 11.8 Å². The van der Waals surface area contributed by atoms with Crippen LogP contribution >= 0.6 is 0 Å². The average Bonchev–Trinajstić information content (AvgIpc) is 3.08. The van der Waals surface area contributed by atoms with Crippen LogP contribution in [0.1, 0.15) is 5.76 Å². The van der Waals surface area contributed by atoms with E-state index in [9.17, 15) is 22.8 Å². The molecular weight excluding hydrogens is 361 g/mol. The van der Waals surface area contributed by atoms with Crippen LogP contribution in [0.2, 0.25) is 0 Å². The fourth-order valence-corrected chi connectivity index (χ4v) is 2.29. The van der Waals surface area contributed by atoms with Crippen molar-refractivity contribution in [3.05, 3.63) is 71.8 Å². The lowest BCUT2D eigenvalue weighted by Gasteiger charge is -2.07. The van der Waals surface area contributed by atoms with E-state index in [1.165, 1.54) is 12.2 Å². The number of hydrogen-bond acceptors (Lipinski definition) is 3. The van der Waals surface area contributed by atoms with Gasteiger partial charge in [0.1, 0.15) is 11.3 Å². The van der Waals surface area contributed by atoms with Crippen LogP contribution in [0.4, 0.5) is 18.9 Å². The monoisotopic (exact) mass is 374 g/mol. The first-order chi connectivity index (χ1) is 12.9. The quantitative estimate of drug-likeness (QED) is 0.529. The third-order valence-electron chi connectivity index (χ3n) is 3.58. The highest BCUT2D eigenvalue weighted by atomic mass is 19.2. The molecule has 8 heteroatoms. The fraction of sp³-hybridized carbons (Fsp3) is 0.0526. The number of benzene rings is 2. The Balaban J connectivity index is 1.54. The Morgan fingerprint density at radius 2 is 1.81 bits per heavy atom. The predicted molar refractivity (Wildman–Crippen MR) is 93.2 cm³/mol. The van der Waals surface area contributed by atoms with Gasteiger partial charge >= 0.3 is 0 Å². The maximum Gasteiger partial charge on any atom is 0.244 e. The Hall–Kier alpha value is -3.55. The van der Waals surface area contributed by atoms with E-state index in [-0.39, 0.29) is 0 Å². The van der Waals surface area contributed by atoms with Crippen molar-refractivity contribution in [2.24, 2.45) is 0 Å². The molecule has 0 unspecified atom stereocenters. The Kier molecular flexibility index (Phi) is 5.25. The molecule has 1 aromatic heterocycles. The van der Waals surface area contributed by atoms with Crippen LogP contribution in [0.5, 0.6) is 0 Å². The number of nitrogens with one attached hydrogen (secondary N) is 2. The number of para-hydroxylation sites is 1. The molecule has 0 radical (unpaired) electrons. The van der Waals surface area contributed by atoms with E-state index >= 15 is 0 Å². The Morgan fingerprint density at radius 3 is 2.59 bits per heavy atom. The first kappa shape index (κ1) is 18.2. The first-order valence-corrected chi connectivity index (χ1v) is 7.82. The van der Waals surface area contributed by atoms with Gasteiger partial charge < -0.3 is 15.1 Å². The van der Waals surface area contributed by atoms with Gasteiger partial charge in [0.15, 0.2) is 17.5 Å². The van der Waals surface area contributed by atoms with Crippen LogP contribution in [-0.2, 0) is 9.59 Å². The summed E-state index contributed by atoms with van der Waals surface area (Å²) in [7, 11) is 0. The van der Waals surface area contributed by atoms with Gasteiger partial charge in [-0.2, -0.15) is 0 Å². The highest BCUT2D eigenvalue weighted by Gasteiger charge is 2.15. The standard InChI is InChI=1S/C19H13F3N2O3/c20-13-6-7-14(19(22)18(13)21)24-17(26)10-23-16(25)8-5-12-9-11-3-1-2-4-15(11)27-12/h1-9H,10H2,(H,23,25)(H,24,26)/b8-5+. The maximum absolute atomic E-state index is 13.5. The summed E-state index contributed by atoms with van der Waals surface area (Å²) in [5.41, 5.74) is 0.149. The molecular formula is C19H13F3N2O3. The van der Waals surface area contributed by atoms with Crippen molar-refractivity contribution in [2.75, 3.05) is 11.9 Å². The molecule has 0 aliphatic rings. The van der Waals surface area contributed by atoms with Crippen molar-refractivity contribution in [1.29, 1.82) is 0 Å². The molecule has 1 heterocycles. The molecule has 0 saturated carbocycles. The molecule has 0 bridgehead atoms. The van der Waals surface area contributed by atoms with E-state index in [0.29, 0.717) is 17.4 Å². The summed E-state index contributed by atoms with van der Waals surface area (Å²) in [5.74, 6) is -5.50. The van der Waals surface area contributed by atoms with Crippen molar-refractivity contribution >= 4 is 34.5 Å². The topological polar surface area (TPSA) is 71.3 Å². The summed E-state index contributed by atoms with van der Waals surface area (Å²) in [6.07, 6.45) is 2.60. The summed E-state index contributed by atoms with van der Waals surface area (Å²) in [5, 5.41) is 5.21. The largest absolute Gasteiger partial charge is 0.457 e. The highest BCUT2D eigenvalue weighted by Crippen LogP contribution is 2.20. The lowest BCUT2D eigenvalue weighted by atomic mass is 10.2. The summed E-state index contributed by atoms with van der Waals surface area (Å²) in [6, 6.07) is 10.6.